The maximum Gasteiger partial charge on any atom is 0.306 e. The summed E-state index contributed by atoms with van der Waals surface area (Å²) in [4.78, 5) is 11.2. The Labute approximate surface area is 121 Å². The summed E-state index contributed by atoms with van der Waals surface area (Å²) in [7, 11) is -2.20. The molecule has 1 fully saturated rings. The topological polar surface area (TPSA) is 79.0 Å². The average Bonchev–Trinajstić information content (AvgIpc) is 2.43. The number of methoxy groups -OCH3 is 1. The number of esters is 1. The molecule has 20 heavy (non-hydrogen) atoms. The molecule has 7 nitrogen and oxygen atoms in total. The Hall–Kier alpha value is -0.700. The number of carbonyl (C=O) groups is 1. The molecule has 0 aromatic heterocycles. The molecule has 118 valence electrons. The van der Waals surface area contributed by atoms with Crippen molar-refractivity contribution in [3.63, 3.8) is 0 Å². The second-order valence-corrected chi connectivity index (χ2v) is 7.16. The molecular formula is C12H25N3O4S. The Morgan fingerprint density at radius 1 is 1.35 bits per heavy atom. The van der Waals surface area contributed by atoms with Crippen LogP contribution >= 0.6 is 0 Å². The maximum atomic E-state index is 12.6. The summed E-state index contributed by atoms with van der Waals surface area (Å²) in [5, 5.41) is 3.13. The van der Waals surface area contributed by atoms with Gasteiger partial charge in [0.1, 0.15) is 0 Å². The summed E-state index contributed by atoms with van der Waals surface area (Å²) in [5.41, 5.74) is 0. The van der Waals surface area contributed by atoms with Crippen molar-refractivity contribution in [2.75, 3.05) is 46.4 Å². The Morgan fingerprint density at radius 3 is 2.45 bits per heavy atom. The first-order chi connectivity index (χ1) is 9.37. The molecule has 0 atom stereocenters. The zero-order valence-corrected chi connectivity index (χ0v) is 13.3. The minimum Gasteiger partial charge on any atom is -0.469 e. The van der Waals surface area contributed by atoms with Gasteiger partial charge in [-0.25, -0.2) is 0 Å². The van der Waals surface area contributed by atoms with Gasteiger partial charge in [-0.15, -0.1) is 0 Å². The molecule has 0 bridgehead atoms. The monoisotopic (exact) mass is 307 g/mol. The lowest BCUT2D eigenvalue weighted by atomic mass is 10.2. The van der Waals surface area contributed by atoms with E-state index in [1.165, 1.54) is 15.7 Å². The number of nitrogens with zero attached hydrogens (tertiary/aromatic N) is 2. The molecule has 8 heteroatoms. The van der Waals surface area contributed by atoms with Crippen molar-refractivity contribution >= 4 is 16.2 Å². The minimum atomic E-state index is -3.50. The van der Waals surface area contributed by atoms with Crippen LogP contribution in [0.5, 0.6) is 0 Å². The smallest absolute Gasteiger partial charge is 0.306 e. The van der Waals surface area contributed by atoms with E-state index in [0.717, 1.165) is 0 Å². The molecule has 0 aromatic rings. The van der Waals surface area contributed by atoms with Gasteiger partial charge >= 0.3 is 5.97 Å². The average molecular weight is 307 g/mol. The van der Waals surface area contributed by atoms with Crippen LogP contribution in [-0.4, -0.2) is 69.4 Å². The van der Waals surface area contributed by atoms with E-state index in [9.17, 15) is 13.2 Å². The van der Waals surface area contributed by atoms with Crippen molar-refractivity contribution in [2.45, 2.75) is 20.3 Å². The van der Waals surface area contributed by atoms with E-state index in [1.54, 1.807) is 0 Å². The molecule has 1 saturated heterocycles. The first kappa shape index (κ1) is 17.4. The summed E-state index contributed by atoms with van der Waals surface area (Å²) < 4.78 is 32.6. The zero-order chi connectivity index (χ0) is 15.2. The van der Waals surface area contributed by atoms with Crippen LogP contribution in [0, 0.1) is 5.92 Å². The fourth-order valence-electron chi connectivity index (χ4n) is 2.06. The predicted octanol–water partition coefficient (Wildman–Crippen LogP) is -0.342. The first-order valence-electron chi connectivity index (χ1n) is 6.90. The van der Waals surface area contributed by atoms with Gasteiger partial charge in [-0.05, 0) is 5.92 Å². The Bertz CT molecular complexity index is 405. The van der Waals surface area contributed by atoms with Gasteiger partial charge in [-0.3, -0.25) is 4.79 Å². The van der Waals surface area contributed by atoms with E-state index in [-0.39, 0.29) is 18.9 Å². The number of rotatable bonds is 7. The zero-order valence-electron chi connectivity index (χ0n) is 12.5. The van der Waals surface area contributed by atoms with Crippen molar-refractivity contribution in [1.29, 1.82) is 0 Å². The Balaban J connectivity index is 2.76. The third-order valence-corrected chi connectivity index (χ3v) is 5.09. The molecule has 1 aliphatic heterocycles. The molecule has 1 rings (SSSR count). The molecule has 0 saturated carbocycles. The number of ether oxygens (including phenoxy) is 1. The highest BCUT2D eigenvalue weighted by Gasteiger charge is 2.31. The van der Waals surface area contributed by atoms with Crippen LogP contribution in [0.1, 0.15) is 20.3 Å². The van der Waals surface area contributed by atoms with Crippen molar-refractivity contribution in [2.24, 2.45) is 5.92 Å². The second kappa shape index (κ2) is 7.92. The SMILES string of the molecule is COC(=O)CCN(CC(C)C)S(=O)(=O)N1CCNCC1. The Kier molecular flexibility index (Phi) is 6.87. The van der Waals surface area contributed by atoms with Crippen molar-refractivity contribution in [3.8, 4) is 0 Å². The third-order valence-electron chi connectivity index (χ3n) is 3.09. The van der Waals surface area contributed by atoms with E-state index < -0.39 is 16.2 Å². The van der Waals surface area contributed by atoms with E-state index in [4.69, 9.17) is 0 Å². The van der Waals surface area contributed by atoms with Gasteiger partial charge in [0.25, 0.3) is 10.2 Å². The molecule has 1 aliphatic rings. The minimum absolute atomic E-state index is 0.0779. The molecule has 0 radical (unpaired) electrons. The highest BCUT2D eigenvalue weighted by molar-refractivity contribution is 7.86. The number of hydrogen-bond donors (Lipinski definition) is 1. The molecule has 0 aromatic carbocycles. The molecule has 1 N–H and O–H groups in total. The van der Waals surface area contributed by atoms with Gasteiger partial charge in [-0.1, -0.05) is 13.8 Å². The first-order valence-corrected chi connectivity index (χ1v) is 8.30. The van der Waals surface area contributed by atoms with E-state index in [1.807, 2.05) is 13.8 Å². The highest BCUT2D eigenvalue weighted by atomic mass is 32.2. The normalized spacial score (nSPS) is 17.6. The van der Waals surface area contributed by atoms with E-state index in [2.05, 4.69) is 10.1 Å². The van der Waals surface area contributed by atoms with Gasteiger partial charge in [0, 0.05) is 39.3 Å². The van der Waals surface area contributed by atoms with E-state index in [0.29, 0.717) is 32.7 Å². The lowest BCUT2D eigenvalue weighted by molar-refractivity contribution is -0.140. The molecule has 0 aliphatic carbocycles. The van der Waals surface area contributed by atoms with Gasteiger partial charge in [0.2, 0.25) is 0 Å². The lowest BCUT2D eigenvalue weighted by Gasteiger charge is -2.33. The molecular weight excluding hydrogens is 282 g/mol. The van der Waals surface area contributed by atoms with Gasteiger partial charge in [0.05, 0.1) is 13.5 Å². The number of piperazine rings is 1. The van der Waals surface area contributed by atoms with Crippen molar-refractivity contribution in [3.05, 3.63) is 0 Å². The quantitative estimate of drug-likeness (QED) is 0.651. The van der Waals surface area contributed by atoms with Crippen molar-refractivity contribution < 1.29 is 17.9 Å². The van der Waals surface area contributed by atoms with Crippen LogP contribution < -0.4 is 5.32 Å². The van der Waals surface area contributed by atoms with Crippen LogP contribution in [0.3, 0.4) is 0 Å². The third kappa shape index (κ3) is 5.01. The van der Waals surface area contributed by atoms with Crippen LogP contribution in [0.2, 0.25) is 0 Å². The van der Waals surface area contributed by atoms with Crippen LogP contribution in [0.15, 0.2) is 0 Å². The number of carbonyl (C=O) groups excluding carboxylic acids is 1. The summed E-state index contributed by atoms with van der Waals surface area (Å²) in [5.74, 6) is -0.195. The van der Waals surface area contributed by atoms with E-state index >= 15 is 0 Å². The molecule has 0 unspecified atom stereocenters. The summed E-state index contributed by atoms with van der Waals surface area (Å²) in [6.07, 6.45) is 0.0779. The molecule has 0 spiro atoms. The van der Waals surface area contributed by atoms with Crippen LogP contribution in [-0.2, 0) is 19.7 Å². The second-order valence-electron chi connectivity index (χ2n) is 5.23. The fourth-order valence-corrected chi connectivity index (χ4v) is 3.84. The number of nitrogens with one attached hydrogen (secondary N) is 1. The highest BCUT2D eigenvalue weighted by Crippen LogP contribution is 2.13. The van der Waals surface area contributed by atoms with Gasteiger partial charge in [-0.2, -0.15) is 17.0 Å². The van der Waals surface area contributed by atoms with Crippen molar-refractivity contribution in [1.82, 2.24) is 13.9 Å². The summed E-state index contributed by atoms with van der Waals surface area (Å²) >= 11 is 0. The standard InChI is InChI=1S/C12H25N3O4S/c1-11(2)10-15(7-4-12(16)19-3)20(17,18)14-8-5-13-6-9-14/h11,13H,4-10H2,1-3H3. The maximum absolute atomic E-state index is 12.6. The van der Waals surface area contributed by atoms with Gasteiger partial charge < -0.3 is 10.1 Å². The largest absolute Gasteiger partial charge is 0.469 e. The predicted molar refractivity (Wildman–Crippen MR) is 76.4 cm³/mol. The van der Waals surface area contributed by atoms with Gasteiger partial charge in [0.15, 0.2) is 0 Å². The summed E-state index contributed by atoms with van der Waals surface area (Å²) in [6.45, 7) is 6.74. The van der Waals surface area contributed by atoms with Crippen LogP contribution in [0.25, 0.3) is 0 Å². The Morgan fingerprint density at radius 2 is 1.95 bits per heavy atom. The lowest BCUT2D eigenvalue weighted by Crippen LogP contribution is -2.52. The fraction of sp³-hybridized carbons (Fsp3) is 0.917. The molecule has 0 amide bonds. The van der Waals surface area contributed by atoms with Crippen LogP contribution in [0.4, 0.5) is 0 Å². The number of hydrogen-bond acceptors (Lipinski definition) is 5. The summed E-state index contributed by atoms with van der Waals surface area (Å²) in [6, 6.07) is 0. The molecule has 1 heterocycles.